The molecular weight excluding hydrogens is 312 g/mol. The van der Waals surface area contributed by atoms with Crippen molar-refractivity contribution in [2.75, 3.05) is 12.4 Å². The Kier molecular flexibility index (Phi) is 4.35. The van der Waals surface area contributed by atoms with Gasteiger partial charge in [-0.2, -0.15) is 0 Å². The number of ether oxygens (including phenoxy) is 1. The van der Waals surface area contributed by atoms with Crippen molar-refractivity contribution in [3.63, 3.8) is 0 Å². The van der Waals surface area contributed by atoms with E-state index in [9.17, 15) is 4.79 Å². The predicted molar refractivity (Wildman–Crippen MR) is 91.7 cm³/mol. The number of carbonyl (C=O) groups is 1. The molecule has 116 valence electrons. The average Bonchev–Trinajstić information content (AvgIpc) is 3.09. The highest BCUT2D eigenvalue weighted by Crippen LogP contribution is 2.27. The van der Waals surface area contributed by atoms with Gasteiger partial charge in [-0.25, -0.2) is 0 Å². The topological polar surface area (TPSA) is 43.3 Å². The van der Waals surface area contributed by atoms with Crippen LogP contribution in [0, 0.1) is 0 Å². The van der Waals surface area contributed by atoms with Crippen LogP contribution in [0.15, 0.2) is 67.0 Å². The van der Waals surface area contributed by atoms with E-state index in [2.05, 4.69) is 5.32 Å². The van der Waals surface area contributed by atoms with Gasteiger partial charge in [0, 0.05) is 29.3 Å². The van der Waals surface area contributed by atoms with Crippen LogP contribution in [0.1, 0.15) is 10.4 Å². The molecule has 0 atom stereocenters. The summed E-state index contributed by atoms with van der Waals surface area (Å²) < 4.78 is 7.07. The summed E-state index contributed by atoms with van der Waals surface area (Å²) in [5.74, 6) is 0.381. The Bertz CT molecular complexity index is 812. The fourth-order valence-corrected chi connectivity index (χ4v) is 2.50. The van der Waals surface area contributed by atoms with Crippen molar-refractivity contribution in [3.05, 3.63) is 77.6 Å². The number of anilines is 1. The monoisotopic (exact) mass is 326 g/mol. The number of benzene rings is 2. The zero-order valence-electron chi connectivity index (χ0n) is 12.5. The SMILES string of the molecule is COc1ccc(NC(=O)c2ccc(-n3cccc3)cc2)cc1Cl. The summed E-state index contributed by atoms with van der Waals surface area (Å²) in [6.45, 7) is 0. The minimum atomic E-state index is -0.190. The number of amides is 1. The van der Waals surface area contributed by atoms with Crippen LogP contribution in [0.5, 0.6) is 5.75 Å². The Balaban J connectivity index is 1.74. The van der Waals surface area contributed by atoms with Crippen LogP contribution >= 0.6 is 11.6 Å². The Morgan fingerprint density at radius 2 is 1.78 bits per heavy atom. The summed E-state index contributed by atoms with van der Waals surface area (Å²) in [4.78, 5) is 12.3. The number of halogens is 1. The summed E-state index contributed by atoms with van der Waals surface area (Å²) >= 11 is 6.06. The molecule has 3 rings (SSSR count). The van der Waals surface area contributed by atoms with E-state index in [1.807, 2.05) is 41.2 Å². The summed E-state index contributed by atoms with van der Waals surface area (Å²) in [6, 6.07) is 16.4. The van der Waals surface area contributed by atoms with E-state index in [0.29, 0.717) is 22.0 Å². The highest BCUT2D eigenvalue weighted by molar-refractivity contribution is 6.32. The van der Waals surface area contributed by atoms with Crippen LogP contribution in [0.2, 0.25) is 5.02 Å². The molecule has 1 amide bonds. The second-order valence-electron chi connectivity index (χ2n) is 4.94. The number of hydrogen-bond donors (Lipinski definition) is 1. The van der Waals surface area contributed by atoms with Crippen molar-refractivity contribution in [3.8, 4) is 11.4 Å². The van der Waals surface area contributed by atoms with Crippen molar-refractivity contribution in [1.29, 1.82) is 0 Å². The highest BCUT2D eigenvalue weighted by Gasteiger charge is 2.08. The molecule has 0 bridgehead atoms. The molecule has 1 N–H and O–H groups in total. The van der Waals surface area contributed by atoms with Crippen LogP contribution in [0.4, 0.5) is 5.69 Å². The first kappa shape index (κ1) is 15.2. The molecule has 0 saturated heterocycles. The normalized spacial score (nSPS) is 10.3. The van der Waals surface area contributed by atoms with Gasteiger partial charge in [0.25, 0.3) is 5.91 Å². The molecule has 1 heterocycles. The van der Waals surface area contributed by atoms with Gasteiger partial charge >= 0.3 is 0 Å². The Hall–Kier alpha value is -2.72. The summed E-state index contributed by atoms with van der Waals surface area (Å²) in [6.07, 6.45) is 3.91. The molecule has 0 fully saturated rings. The van der Waals surface area contributed by atoms with Crippen molar-refractivity contribution < 1.29 is 9.53 Å². The van der Waals surface area contributed by atoms with Gasteiger partial charge in [-0.1, -0.05) is 11.6 Å². The standard InChI is InChI=1S/C18H15ClN2O2/c1-23-17-9-6-14(12-16(17)19)20-18(22)13-4-7-15(8-5-13)21-10-2-3-11-21/h2-12H,1H3,(H,20,22). The first-order valence-electron chi connectivity index (χ1n) is 7.05. The number of carbonyl (C=O) groups excluding carboxylic acids is 1. The van der Waals surface area contributed by atoms with E-state index < -0.39 is 0 Å². The third-order valence-electron chi connectivity index (χ3n) is 3.44. The smallest absolute Gasteiger partial charge is 0.255 e. The molecule has 0 aliphatic rings. The zero-order chi connectivity index (χ0) is 16.2. The molecular formula is C18H15ClN2O2. The van der Waals surface area contributed by atoms with E-state index >= 15 is 0 Å². The molecule has 0 aliphatic carbocycles. The number of rotatable bonds is 4. The number of hydrogen-bond acceptors (Lipinski definition) is 2. The van der Waals surface area contributed by atoms with Crippen LogP contribution in [0.25, 0.3) is 5.69 Å². The summed E-state index contributed by atoms with van der Waals surface area (Å²) in [5, 5.41) is 3.27. The van der Waals surface area contributed by atoms with E-state index in [-0.39, 0.29) is 5.91 Å². The lowest BCUT2D eigenvalue weighted by Gasteiger charge is -2.09. The fourth-order valence-electron chi connectivity index (χ4n) is 2.24. The van der Waals surface area contributed by atoms with Crippen molar-refractivity contribution in [2.24, 2.45) is 0 Å². The first-order valence-corrected chi connectivity index (χ1v) is 7.43. The molecule has 0 unspecified atom stereocenters. The maximum Gasteiger partial charge on any atom is 0.255 e. The molecule has 0 spiro atoms. The largest absolute Gasteiger partial charge is 0.495 e. The van der Waals surface area contributed by atoms with Crippen molar-refractivity contribution in [2.45, 2.75) is 0 Å². The number of methoxy groups -OCH3 is 1. The molecule has 5 heteroatoms. The number of nitrogens with zero attached hydrogens (tertiary/aromatic N) is 1. The second kappa shape index (κ2) is 6.58. The molecule has 2 aromatic carbocycles. The molecule has 0 aliphatic heterocycles. The van der Waals surface area contributed by atoms with Gasteiger partial charge in [0.05, 0.1) is 12.1 Å². The van der Waals surface area contributed by atoms with Gasteiger partial charge in [0.1, 0.15) is 5.75 Å². The lowest BCUT2D eigenvalue weighted by Crippen LogP contribution is -2.11. The van der Waals surface area contributed by atoms with Gasteiger partial charge in [-0.05, 0) is 54.6 Å². The first-order chi connectivity index (χ1) is 11.2. The Morgan fingerprint density at radius 1 is 1.09 bits per heavy atom. The van der Waals surface area contributed by atoms with E-state index in [1.165, 1.54) is 0 Å². The average molecular weight is 327 g/mol. The van der Waals surface area contributed by atoms with E-state index in [4.69, 9.17) is 16.3 Å². The quantitative estimate of drug-likeness (QED) is 0.772. The minimum Gasteiger partial charge on any atom is -0.495 e. The van der Waals surface area contributed by atoms with E-state index in [1.54, 1.807) is 37.4 Å². The summed E-state index contributed by atoms with van der Waals surface area (Å²) in [7, 11) is 1.55. The molecule has 0 radical (unpaired) electrons. The van der Waals surface area contributed by atoms with Gasteiger partial charge in [-0.15, -0.1) is 0 Å². The molecule has 3 aromatic rings. The molecule has 4 nitrogen and oxygen atoms in total. The van der Waals surface area contributed by atoms with Gasteiger partial charge in [-0.3, -0.25) is 4.79 Å². The van der Waals surface area contributed by atoms with Gasteiger partial charge in [0.15, 0.2) is 0 Å². The molecule has 23 heavy (non-hydrogen) atoms. The zero-order valence-corrected chi connectivity index (χ0v) is 13.2. The third kappa shape index (κ3) is 3.38. The van der Waals surface area contributed by atoms with E-state index in [0.717, 1.165) is 5.69 Å². The lowest BCUT2D eigenvalue weighted by molar-refractivity contribution is 0.102. The fraction of sp³-hybridized carbons (Fsp3) is 0.0556. The lowest BCUT2D eigenvalue weighted by atomic mass is 10.2. The van der Waals surface area contributed by atoms with Crippen LogP contribution in [-0.4, -0.2) is 17.6 Å². The number of aromatic nitrogens is 1. The number of nitrogens with one attached hydrogen (secondary N) is 1. The highest BCUT2D eigenvalue weighted by atomic mass is 35.5. The Labute approximate surface area is 139 Å². The minimum absolute atomic E-state index is 0.190. The maximum atomic E-state index is 12.3. The van der Waals surface area contributed by atoms with Crippen LogP contribution in [-0.2, 0) is 0 Å². The predicted octanol–water partition coefficient (Wildman–Crippen LogP) is 4.39. The summed E-state index contributed by atoms with van der Waals surface area (Å²) in [5.41, 5.74) is 2.20. The maximum absolute atomic E-state index is 12.3. The molecule has 1 aromatic heterocycles. The van der Waals surface area contributed by atoms with Crippen molar-refractivity contribution in [1.82, 2.24) is 4.57 Å². The van der Waals surface area contributed by atoms with Crippen molar-refractivity contribution >= 4 is 23.2 Å². The Morgan fingerprint density at radius 3 is 2.39 bits per heavy atom. The van der Waals surface area contributed by atoms with Gasteiger partial charge in [0.2, 0.25) is 0 Å². The molecule has 0 saturated carbocycles. The third-order valence-corrected chi connectivity index (χ3v) is 3.74. The second-order valence-corrected chi connectivity index (χ2v) is 5.35. The van der Waals surface area contributed by atoms with Crippen LogP contribution < -0.4 is 10.1 Å². The van der Waals surface area contributed by atoms with Gasteiger partial charge < -0.3 is 14.6 Å². The van der Waals surface area contributed by atoms with Crippen LogP contribution in [0.3, 0.4) is 0 Å².